The van der Waals surface area contributed by atoms with E-state index in [0.29, 0.717) is 0 Å². The van der Waals surface area contributed by atoms with E-state index in [1.54, 1.807) is 6.08 Å². The Bertz CT molecular complexity index is 292. The van der Waals surface area contributed by atoms with Crippen LogP contribution in [0.15, 0.2) is 30.3 Å². The summed E-state index contributed by atoms with van der Waals surface area (Å²) in [5.41, 5.74) is 2.04. The molecule has 0 fully saturated rings. The fourth-order valence-corrected chi connectivity index (χ4v) is 1.01. The SMILES string of the molecule is CNc1ccccc1/C=C\C=O. The van der Waals surface area contributed by atoms with E-state index < -0.39 is 0 Å². The molecular weight excluding hydrogens is 150 g/mol. The van der Waals surface area contributed by atoms with Gasteiger partial charge in [0.1, 0.15) is 6.29 Å². The average Bonchev–Trinajstić information content (AvgIpc) is 2.15. The van der Waals surface area contributed by atoms with Crippen LogP contribution in [-0.2, 0) is 4.79 Å². The number of para-hydroxylation sites is 1. The molecule has 0 radical (unpaired) electrons. The summed E-state index contributed by atoms with van der Waals surface area (Å²) in [5, 5.41) is 3.04. The Morgan fingerprint density at radius 2 is 2.08 bits per heavy atom. The number of carbonyl (C=O) groups excluding carboxylic acids is 1. The highest BCUT2D eigenvalue weighted by Gasteiger charge is 1.92. The number of nitrogens with one attached hydrogen (secondary N) is 1. The van der Waals surface area contributed by atoms with Crippen molar-refractivity contribution >= 4 is 18.0 Å². The molecule has 0 unspecified atom stereocenters. The van der Waals surface area contributed by atoms with Gasteiger partial charge in [0.05, 0.1) is 0 Å². The first kappa shape index (κ1) is 8.53. The molecule has 0 saturated carbocycles. The Hall–Kier alpha value is -1.57. The summed E-state index contributed by atoms with van der Waals surface area (Å²) < 4.78 is 0. The van der Waals surface area contributed by atoms with Crippen LogP contribution >= 0.6 is 0 Å². The summed E-state index contributed by atoms with van der Waals surface area (Å²) in [6.07, 6.45) is 4.03. The molecule has 0 aliphatic rings. The molecule has 0 heterocycles. The molecule has 0 saturated heterocycles. The minimum atomic E-state index is 0.770. The second-order valence-electron chi connectivity index (χ2n) is 2.33. The van der Waals surface area contributed by atoms with Crippen LogP contribution in [0.1, 0.15) is 5.56 Å². The van der Waals surface area contributed by atoms with Gasteiger partial charge >= 0.3 is 0 Å². The van der Waals surface area contributed by atoms with Crippen molar-refractivity contribution in [3.05, 3.63) is 35.9 Å². The fraction of sp³-hybridized carbons (Fsp3) is 0.100. The maximum Gasteiger partial charge on any atom is 0.142 e. The van der Waals surface area contributed by atoms with Crippen LogP contribution in [0, 0.1) is 0 Å². The number of benzene rings is 1. The van der Waals surface area contributed by atoms with Crippen LogP contribution in [0.2, 0.25) is 0 Å². The molecule has 2 heteroatoms. The highest BCUT2D eigenvalue weighted by molar-refractivity contribution is 5.77. The summed E-state index contributed by atoms with van der Waals surface area (Å²) in [7, 11) is 1.85. The molecule has 1 rings (SSSR count). The van der Waals surface area contributed by atoms with Crippen LogP contribution in [0.3, 0.4) is 0 Å². The van der Waals surface area contributed by atoms with Crippen LogP contribution in [0.5, 0.6) is 0 Å². The predicted molar refractivity (Wildman–Crippen MR) is 51.1 cm³/mol. The lowest BCUT2D eigenvalue weighted by molar-refractivity contribution is -0.104. The molecule has 0 amide bonds. The topological polar surface area (TPSA) is 29.1 Å². The molecule has 62 valence electrons. The number of anilines is 1. The lowest BCUT2D eigenvalue weighted by Crippen LogP contribution is -1.90. The van der Waals surface area contributed by atoms with E-state index in [1.165, 1.54) is 6.08 Å². The fourth-order valence-electron chi connectivity index (χ4n) is 1.01. The van der Waals surface area contributed by atoms with E-state index in [9.17, 15) is 4.79 Å². The van der Waals surface area contributed by atoms with Gasteiger partial charge in [0.2, 0.25) is 0 Å². The molecule has 1 N–H and O–H groups in total. The van der Waals surface area contributed by atoms with Crippen molar-refractivity contribution < 1.29 is 4.79 Å². The highest BCUT2D eigenvalue weighted by Crippen LogP contribution is 2.14. The van der Waals surface area contributed by atoms with Gasteiger partial charge in [-0.25, -0.2) is 0 Å². The summed E-state index contributed by atoms with van der Waals surface area (Å²) in [6.45, 7) is 0. The monoisotopic (exact) mass is 161 g/mol. The van der Waals surface area contributed by atoms with Crippen molar-refractivity contribution in [2.24, 2.45) is 0 Å². The quantitative estimate of drug-likeness (QED) is 0.542. The van der Waals surface area contributed by atoms with Gasteiger partial charge in [0, 0.05) is 12.7 Å². The van der Waals surface area contributed by atoms with Crippen LogP contribution in [0.25, 0.3) is 6.08 Å². The second-order valence-corrected chi connectivity index (χ2v) is 2.33. The zero-order valence-corrected chi connectivity index (χ0v) is 6.95. The van der Waals surface area contributed by atoms with Crippen molar-refractivity contribution in [2.75, 3.05) is 12.4 Å². The minimum Gasteiger partial charge on any atom is -0.388 e. The summed E-state index contributed by atoms with van der Waals surface area (Å²) in [5.74, 6) is 0. The second kappa shape index (κ2) is 4.34. The zero-order valence-electron chi connectivity index (χ0n) is 6.95. The van der Waals surface area contributed by atoms with E-state index in [2.05, 4.69) is 5.32 Å². The maximum absolute atomic E-state index is 10.1. The molecule has 1 aromatic rings. The third-order valence-electron chi connectivity index (χ3n) is 1.58. The van der Waals surface area contributed by atoms with E-state index in [-0.39, 0.29) is 0 Å². The lowest BCUT2D eigenvalue weighted by atomic mass is 10.1. The van der Waals surface area contributed by atoms with Gasteiger partial charge < -0.3 is 5.32 Å². The van der Waals surface area contributed by atoms with Crippen LogP contribution < -0.4 is 5.32 Å². The largest absolute Gasteiger partial charge is 0.388 e. The van der Waals surface area contributed by atoms with Crippen molar-refractivity contribution in [3.8, 4) is 0 Å². The summed E-state index contributed by atoms with van der Waals surface area (Å²) >= 11 is 0. The third-order valence-corrected chi connectivity index (χ3v) is 1.58. The van der Waals surface area contributed by atoms with Gasteiger partial charge in [0.15, 0.2) is 0 Å². The molecule has 0 aliphatic carbocycles. The molecule has 0 bridgehead atoms. The molecule has 0 aromatic heterocycles. The molecule has 0 atom stereocenters. The average molecular weight is 161 g/mol. The Labute approximate surface area is 71.9 Å². The predicted octanol–water partition coefficient (Wildman–Crippen LogP) is 1.94. The summed E-state index contributed by atoms with van der Waals surface area (Å²) in [6, 6.07) is 7.80. The number of hydrogen-bond acceptors (Lipinski definition) is 2. The lowest BCUT2D eigenvalue weighted by Gasteiger charge is -2.02. The van der Waals surface area contributed by atoms with Crippen molar-refractivity contribution in [1.82, 2.24) is 0 Å². The first-order chi connectivity index (χ1) is 5.88. The van der Waals surface area contributed by atoms with Crippen LogP contribution in [-0.4, -0.2) is 13.3 Å². The van der Waals surface area contributed by atoms with Crippen molar-refractivity contribution in [1.29, 1.82) is 0 Å². The van der Waals surface area contributed by atoms with E-state index in [0.717, 1.165) is 17.5 Å². The number of aldehydes is 1. The molecule has 0 aliphatic heterocycles. The summed E-state index contributed by atoms with van der Waals surface area (Å²) in [4.78, 5) is 10.1. The zero-order chi connectivity index (χ0) is 8.81. The normalized spacial score (nSPS) is 10.1. The highest BCUT2D eigenvalue weighted by atomic mass is 16.1. The van der Waals surface area contributed by atoms with Gasteiger partial charge in [-0.2, -0.15) is 0 Å². The van der Waals surface area contributed by atoms with Gasteiger partial charge in [-0.1, -0.05) is 18.2 Å². The first-order valence-electron chi connectivity index (χ1n) is 3.77. The Morgan fingerprint density at radius 1 is 1.33 bits per heavy atom. The molecular formula is C10H11NO. The Morgan fingerprint density at radius 3 is 2.75 bits per heavy atom. The molecule has 2 nitrogen and oxygen atoms in total. The Balaban J connectivity index is 2.96. The smallest absolute Gasteiger partial charge is 0.142 e. The number of rotatable bonds is 3. The number of allylic oxidation sites excluding steroid dienone is 1. The molecule has 12 heavy (non-hydrogen) atoms. The number of hydrogen-bond donors (Lipinski definition) is 1. The maximum atomic E-state index is 10.1. The molecule has 0 spiro atoms. The van der Waals surface area contributed by atoms with E-state index in [1.807, 2.05) is 31.3 Å². The van der Waals surface area contributed by atoms with E-state index in [4.69, 9.17) is 0 Å². The van der Waals surface area contributed by atoms with Gasteiger partial charge in [0.25, 0.3) is 0 Å². The van der Waals surface area contributed by atoms with E-state index >= 15 is 0 Å². The van der Waals surface area contributed by atoms with Gasteiger partial charge in [-0.05, 0) is 23.8 Å². The molecule has 1 aromatic carbocycles. The van der Waals surface area contributed by atoms with Gasteiger partial charge in [-0.15, -0.1) is 0 Å². The van der Waals surface area contributed by atoms with Crippen molar-refractivity contribution in [3.63, 3.8) is 0 Å². The first-order valence-corrected chi connectivity index (χ1v) is 3.77. The Kier molecular flexibility index (Phi) is 3.08. The standard InChI is InChI=1S/C10H11NO/c1-11-10-7-3-2-5-9(10)6-4-8-12/h2-8,11H,1H3/b6-4-. The minimum absolute atomic E-state index is 0.770. The van der Waals surface area contributed by atoms with Gasteiger partial charge in [-0.3, -0.25) is 4.79 Å². The number of carbonyl (C=O) groups is 1. The third kappa shape index (κ3) is 1.95. The van der Waals surface area contributed by atoms with Crippen molar-refractivity contribution in [2.45, 2.75) is 0 Å². The van der Waals surface area contributed by atoms with Crippen LogP contribution in [0.4, 0.5) is 5.69 Å².